The number of aromatic nitrogens is 2. The minimum atomic E-state index is -0.731. The van der Waals surface area contributed by atoms with Gasteiger partial charge in [-0.25, -0.2) is 9.67 Å². The molecule has 1 aromatic heterocycles. The molecule has 0 spiro atoms. The molecule has 1 aromatic rings. The van der Waals surface area contributed by atoms with E-state index in [1.807, 2.05) is 4.68 Å². The maximum Gasteiger partial charge on any atom is 0.306 e. The third-order valence-electron chi connectivity index (χ3n) is 5.44. The summed E-state index contributed by atoms with van der Waals surface area (Å²) in [5, 5.41) is 13.7. The van der Waals surface area contributed by atoms with Crippen LogP contribution in [0, 0.1) is 11.8 Å². The maximum atomic E-state index is 12.5. The van der Waals surface area contributed by atoms with Gasteiger partial charge in [-0.1, -0.05) is 20.3 Å². The number of aliphatic carboxylic acids is 1. The number of carboxylic acids is 1. The molecule has 2 atom stereocenters. The van der Waals surface area contributed by atoms with Gasteiger partial charge in [0.05, 0.1) is 30.1 Å². The Morgan fingerprint density at radius 1 is 1.38 bits per heavy atom. The van der Waals surface area contributed by atoms with Crippen molar-refractivity contribution in [3.05, 3.63) is 11.8 Å². The highest BCUT2D eigenvalue weighted by Gasteiger charge is 2.34. The molecular formula is C18H25N3O3. The van der Waals surface area contributed by atoms with Gasteiger partial charge in [-0.2, -0.15) is 5.10 Å². The topological polar surface area (TPSA) is 84.6 Å². The van der Waals surface area contributed by atoms with Crippen LogP contribution in [0.5, 0.6) is 0 Å². The van der Waals surface area contributed by atoms with Crippen molar-refractivity contribution in [3.8, 4) is 0 Å². The Hall–Kier alpha value is -1.98. The monoisotopic (exact) mass is 331 g/mol. The molecule has 6 nitrogen and oxygen atoms in total. The Kier molecular flexibility index (Phi) is 4.83. The highest BCUT2D eigenvalue weighted by atomic mass is 16.4. The molecule has 0 amide bonds. The largest absolute Gasteiger partial charge is 0.481 e. The molecule has 0 radical (unpaired) electrons. The van der Waals surface area contributed by atoms with Crippen LogP contribution in [0.4, 0.5) is 5.82 Å². The minimum absolute atomic E-state index is 0.0599. The molecule has 1 N–H and O–H groups in total. The average molecular weight is 331 g/mol. The summed E-state index contributed by atoms with van der Waals surface area (Å²) in [7, 11) is 0. The highest BCUT2D eigenvalue weighted by molar-refractivity contribution is 6.15. The SMILES string of the molecule is CCC(CC)n1ncc2c1N=C(C1CCCC(C(=O)O)C1)CC2=O. The molecule has 1 aliphatic heterocycles. The molecule has 130 valence electrons. The summed E-state index contributed by atoms with van der Waals surface area (Å²) < 4.78 is 1.88. The first-order valence-electron chi connectivity index (χ1n) is 8.96. The van der Waals surface area contributed by atoms with Crippen LogP contribution >= 0.6 is 0 Å². The third-order valence-corrected chi connectivity index (χ3v) is 5.44. The second-order valence-electron chi connectivity index (χ2n) is 6.90. The summed E-state index contributed by atoms with van der Waals surface area (Å²) in [6.45, 7) is 4.21. The first-order chi connectivity index (χ1) is 11.5. The van der Waals surface area contributed by atoms with Gasteiger partial charge in [-0.3, -0.25) is 9.59 Å². The summed E-state index contributed by atoms with van der Waals surface area (Å²) in [5.74, 6) is -0.212. The lowest BCUT2D eigenvalue weighted by atomic mass is 9.77. The summed E-state index contributed by atoms with van der Waals surface area (Å²) in [6.07, 6.45) is 6.94. The van der Waals surface area contributed by atoms with Crippen LogP contribution in [0.25, 0.3) is 0 Å². The van der Waals surface area contributed by atoms with Gasteiger partial charge in [0.1, 0.15) is 0 Å². The van der Waals surface area contributed by atoms with Crippen molar-refractivity contribution in [2.24, 2.45) is 16.8 Å². The number of carboxylic acid groups (broad SMARTS) is 1. The van der Waals surface area contributed by atoms with Crippen molar-refractivity contribution in [1.82, 2.24) is 9.78 Å². The number of aliphatic imine (C=N–C) groups is 1. The molecule has 3 rings (SSSR count). The normalized spacial score (nSPS) is 24.0. The number of carbonyl (C=O) groups excluding carboxylic acids is 1. The molecule has 24 heavy (non-hydrogen) atoms. The zero-order valence-corrected chi connectivity index (χ0v) is 14.4. The Labute approximate surface area is 142 Å². The highest BCUT2D eigenvalue weighted by Crippen LogP contribution is 2.36. The molecule has 0 aromatic carbocycles. The molecule has 2 unspecified atom stereocenters. The van der Waals surface area contributed by atoms with Crippen LogP contribution < -0.4 is 0 Å². The van der Waals surface area contributed by atoms with E-state index in [-0.39, 0.29) is 23.7 Å². The van der Waals surface area contributed by atoms with E-state index in [0.717, 1.165) is 37.8 Å². The lowest BCUT2D eigenvalue weighted by molar-refractivity contribution is -0.143. The fourth-order valence-electron chi connectivity index (χ4n) is 3.95. The van der Waals surface area contributed by atoms with Crippen molar-refractivity contribution in [3.63, 3.8) is 0 Å². The number of hydrogen-bond donors (Lipinski definition) is 1. The van der Waals surface area contributed by atoms with Crippen molar-refractivity contribution in [2.45, 2.75) is 64.8 Å². The number of Topliss-reactive ketones (excluding diaryl/α,β-unsaturated/α-hetero) is 1. The van der Waals surface area contributed by atoms with Gasteiger partial charge < -0.3 is 5.11 Å². The molecule has 0 bridgehead atoms. The molecule has 2 heterocycles. The Morgan fingerprint density at radius 2 is 2.12 bits per heavy atom. The molecule has 1 aliphatic carbocycles. The lowest BCUT2D eigenvalue weighted by Gasteiger charge is -2.29. The van der Waals surface area contributed by atoms with Gasteiger partial charge in [0.25, 0.3) is 0 Å². The average Bonchev–Trinajstić information content (AvgIpc) is 3.01. The first kappa shape index (κ1) is 16.9. The van der Waals surface area contributed by atoms with Crippen LogP contribution in [0.1, 0.15) is 75.2 Å². The summed E-state index contributed by atoms with van der Waals surface area (Å²) in [4.78, 5) is 28.6. The fourth-order valence-corrected chi connectivity index (χ4v) is 3.95. The van der Waals surface area contributed by atoms with Crippen molar-refractivity contribution >= 4 is 23.3 Å². The minimum Gasteiger partial charge on any atom is -0.481 e. The molecule has 0 saturated heterocycles. The lowest BCUT2D eigenvalue weighted by Crippen LogP contribution is -2.29. The molecule has 1 fully saturated rings. The Bertz CT molecular complexity index is 673. The van der Waals surface area contributed by atoms with Crippen LogP contribution in [-0.4, -0.2) is 32.4 Å². The summed E-state index contributed by atoms with van der Waals surface area (Å²) in [5.41, 5.74) is 1.46. The van der Waals surface area contributed by atoms with E-state index in [9.17, 15) is 14.7 Å². The maximum absolute atomic E-state index is 12.5. The first-order valence-corrected chi connectivity index (χ1v) is 8.96. The molecular weight excluding hydrogens is 306 g/mol. The van der Waals surface area contributed by atoms with Crippen molar-refractivity contribution in [1.29, 1.82) is 0 Å². The fraction of sp³-hybridized carbons (Fsp3) is 0.667. The number of ketones is 1. The zero-order valence-electron chi connectivity index (χ0n) is 14.4. The summed E-state index contributed by atoms with van der Waals surface area (Å²) in [6, 6.07) is 0.239. The van der Waals surface area contributed by atoms with E-state index >= 15 is 0 Å². The van der Waals surface area contributed by atoms with Crippen molar-refractivity contribution < 1.29 is 14.7 Å². The quantitative estimate of drug-likeness (QED) is 0.889. The zero-order chi connectivity index (χ0) is 17.3. The van der Waals surface area contributed by atoms with Gasteiger partial charge >= 0.3 is 5.97 Å². The molecule has 6 heteroatoms. The standard InChI is InChI=1S/C18H25N3O3/c1-3-13(4-2)21-17-14(10-19-21)16(22)9-15(20-17)11-6-5-7-12(8-11)18(23)24/h10-13H,3-9H2,1-2H3,(H,23,24). The van der Waals surface area contributed by atoms with Gasteiger partial charge in [0.15, 0.2) is 11.6 Å². The smallest absolute Gasteiger partial charge is 0.306 e. The number of carbonyl (C=O) groups is 2. The number of hydrogen-bond acceptors (Lipinski definition) is 4. The second kappa shape index (κ2) is 6.87. The van der Waals surface area contributed by atoms with Gasteiger partial charge in [0, 0.05) is 5.71 Å². The van der Waals surface area contributed by atoms with E-state index in [1.54, 1.807) is 6.20 Å². The van der Waals surface area contributed by atoms with E-state index in [1.165, 1.54) is 0 Å². The van der Waals surface area contributed by atoms with Crippen molar-refractivity contribution in [2.75, 3.05) is 0 Å². The predicted molar refractivity (Wildman–Crippen MR) is 91.0 cm³/mol. The molecule has 1 saturated carbocycles. The Balaban J connectivity index is 1.92. The second-order valence-corrected chi connectivity index (χ2v) is 6.90. The number of rotatable bonds is 5. The molecule has 2 aliphatic rings. The number of fused-ring (bicyclic) bond motifs is 1. The summed E-state index contributed by atoms with van der Waals surface area (Å²) >= 11 is 0. The van der Waals surface area contributed by atoms with Crippen LogP contribution in [0.15, 0.2) is 11.2 Å². The van der Waals surface area contributed by atoms with Gasteiger partial charge in [-0.05, 0) is 38.0 Å². The third kappa shape index (κ3) is 3.01. The predicted octanol–water partition coefficient (Wildman–Crippen LogP) is 3.79. The van der Waals surface area contributed by atoms with E-state index in [2.05, 4.69) is 18.9 Å². The number of nitrogens with zero attached hydrogens (tertiary/aromatic N) is 3. The van der Waals surface area contributed by atoms with Crippen LogP contribution in [0.3, 0.4) is 0 Å². The van der Waals surface area contributed by atoms with Crippen LogP contribution in [0.2, 0.25) is 0 Å². The van der Waals surface area contributed by atoms with Crippen LogP contribution in [-0.2, 0) is 4.79 Å². The van der Waals surface area contributed by atoms with E-state index in [4.69, 9.17) is 4.99 Å². The Morgan fingerprint density at radius 3 is 2.79 bits per heavy atom. The van der Waals surface area contributed by atoms with E-state index in [0.29, 0.717) is 24.2 Å². The van der Waals surface area contributed by atoms with Gasteiger partial charge in [0.2, 0.25) is 0 Å². The van der Waals surface area contributed by atoms with Gasteiger partial charge in [-0.15, -0.1) is 0 Å². The van der Waals surface area contributed by atoms with E-state index < -0.39 is 5.97 Å².